The molecule has 2 unspecified atom stereocenters. The van der Waals surface area contributed by atoms with Crippen LogP contribution >= 0.6 is 11.8 Å². The molecule has 42 heavy (non-hydrogen) atoms. The van der Waals surface area contributed by atoms with E-state index in [1.165, 1.54) is 12.0 Å². The minimum absolute atomic E-state index is 0.0297. The van der Waals surface area contributed by atoms with Gasteiger partial charge in [-0.05, 0) is 61.9 Å². The lowest BCUT2D eigenvalue weighted by Crippen LogP contribution is -2.47. The molecule has 2 aromatic carbocycles. The van der Waals surface area contributed by atoms with Crippen LogP contribution < -0.4 is 9.64 Å². The number of benzene rings is 2. The molecule has 1 heterocycles. The summed E-state index contributed by atoms with van der Waals surface area (Å²) in [5.41, 5.74) is -1.85. The molecule has 0 bridgehead atoms. The van der Waals surface area contributed by atoms with E-state index in [0.29, 0.717) is 34.9 Å². The predicted molar refractivity (Wildman–Crippen MR) is 146 cm³/mol. The Hall–Kier alpha value is -3.29. The molecule has 14 heteroatoms. The zero-order chi connectivity index (χ0) is 31.4. The number of carbonyl (C=O) groups excluding carboxylic acids is 2. The van der Waals surface area contributed by atoms with Crippen molar-refractivity contribution in [1.29, 1.82) is 0 Å². The van der Waals surface area contributed by atoms with Crippen molar-refractivity contribution in [2.45, 2.75) is 63.9 Å². The number of nitrogens with zero attached hydrogens (tertiary/aromatic N) is 2. The Balaban J connectivity index is 2.21. The highest BCUT2D eigenvalue weighted by Gasteiger charge is 2.41. The average Bonchev–Trinajstić information content (AvgIpc) is 2.92. The standard InChI is InChI=1S/C28H32F6N2O5S/c1-6-41-26(38)36-16(3)8-22(21-13-24(39-4)18(11-23(21)36)15-42-7-2)35(25(37)40-5)14-17-9-19(27(29,30)31)12-20(10-17)28(32,33)34/h9-13,16,22H,6-8,14-15H2,1-5H3. The molecule has 0 aromatic heterocycles. The molecular formula is C28H32F6N2O5S. The van der Waals surface area contributed by atoms with Gasteiger partial charge in [-0.3, -0.25) is 9.80 Å². The van der Waals surface area contributed by atoms with Crippen LogP contribution in [0.25, 0.3) is 0 Å². The molecule has 0 aliphatic carbocycles. The van der Waals surface area contributed by atoms with Gasteiger partial charge in [-0.2, -0.15) is 38.1 Å². The molecule has 1 aliphatic heterocycles. The monoisotopic (exact) mass is 622 g/mol. The van der Waals surface area contributed by atoms with Gasteiger partial charge in [0, 0.05) is 29.5 Å². The Bertz CT molecular complexity index is 1250. The molecule has 2 aromatic rings. The van der Waals surface area contributed by atoms with Gasteiger partial charge in [0.05, 0.1) is 43.7 Å². The molecule has 2 amide bonds. The summed E-state index contributed by atoms with van der Waals surface area (Å²) in [6.45, 7) is 4.80. The smallest absolute Gasteiger partial charge is 0.416 e. The number of rotatable bonds is 8. The topological polar surface area (TPSA) is 68.3 Å². The minimum Gasteiger partial charge on any atom is -0.496 e. The number of halogens is 6. The summed E-state index contributed by atoms with van der Waals surface area (Å²) in [6, 6.07) is 3.08. The first-order chi connectivity index (χ1) is 19.7. The van der Waals surface area contributed by atoms with E-state index in [-0.39, 0.29) is 19.1 Å². The molecule has 3 rings (SSSR count). The van der Waals surface area contributed by atoms with Gasteiger partial charge in [-0.15, -0.1) is 0 Å². The van der Waals surface area contributed by atoms with Crippen LogP contribution in [-0.4, -0.2) is 49.7 Å². The number of amides is 2. The van der Waals surface area contributed by atoms with Crippen molar-refractivity contribution in [2.75, 3.05) is 31.5 Å². The van der Waals surface area contributed by atoms with Crippen LogP contribution in [0, 0.1) is 0 Å². The van der Waals surface area contributed by atoms with E-state index < -0.39 is 59.9 Å². The molecule has 2 atom stereocenters. The number of methoxy groups -OCH3 is 2. The fourth-order valence-corrected chi connectivity index (χ4v) is 5.55. The van der Waals surface area contributed by atoms with Gasteiger partial charge in [0.25, 0.3) is 0 Å². The first kappa shape index (κ1) is 33.2. The minimum atomic E-state index is -5.06. The van der Waals surface area contributed by atoms with E-state index in [0.717, 1.165) is 23.3 Å². The normalized spacial score (nSPS) is 17.0. The largest absolute Gasteiger partial charge is 0.496 e. The molecule has 1 aliphatic rings. The number of anilines is 1. The van der Waals surface area contributed by atoms with Crippen molar-refractivity contribution in [3.8, 4) is 5.75 Å². The van der Waals surface area contributed by atoms with Crippen molar-refractivity contribution in [3.63, 3.8) is 0 Å². The maximum absolute atomic E-state index is 13.6. The van der Waals surface area contributed by atoms with Crippen LogP contribution in [0.2, 0.25) is 0 Å². The Kier molecular flexibility index (Phi) is 10.6. The van der Waals surface area contributed by atoms with E-state index in [2.05, 4.69) is 0 Å². The Labute approximate surface area is 244 Å². The van der Waals surface area contributed by atoms with Gasteiger partial charge in [-0.1, -0.05) is 6.92 Å². The van der Waals surface area contributed by atoms with E-state index in [9.17, 15) is 35.9 Å². The average molecular weight is 623 g/mol. The van der Waals surface area contributed by atoms with E-state index >= 15 is 0 Å². The SMILES string of the molecule is CCOC(=O)N1c2cc(CSCC)c(OC)cc2C(N(Cc2cc(C(F)(F)F)cc(C(F)(F)F)c2)C(=O)OC)CC1C. The van der Waals surface area contributed by atoms with Gasteiger partial charge in [0.15, 0.2) is 0 Å². The molecule has 0 saturated heterocycles. The van der Waals surface area contributed by atoms with Crippen LogP contribution in [0.1, 0.15) is 61.1 Å². The third kappa shape index (κ3) is 7.37. The molecule has 232 valence electrons. The van der Waals surface area contributed by atoms with Gasteiger partial charge >= 0.3 is 24.5 Å². The summed E-state index contributed by atoms with van der Waals surface area (Å²) < 4.78 is 97.1. The molecule has 0 radical (unpaired) electrons. The second-order valence-corrected chi connectivity index (χ2v) is 10.8. The fraction of sp³-hybridized carbons (Fsp3) is 0.500. The summed E-state index contributed by atoms with van der Waals surface area (Å²) in [4.78, 5) is 28.6. The van der Waals surface area contributed by atoms with Crippen molar-refractivity contribution in [2.24, 2.45) is 0 Å². The van der Waals surface area contributed by atoms with Crippen LogP contribution in [0.5, 0.6) is 5.75 Å². The van der Waals surface area contributed by atoms with E-state index in [4.69, 9.17) is 14.2 Å². The van der Waals surface area contributed by atoms with Gasteiger partial charge in [0.2, 0.25) is 0 Å². The Morgan fingerprint density at radius 1 is 1.00 bits per heavy atom. The molecule has 0 saturated carbocycles. The van der Waals surface area contributed by atoms with Gasteiger partial charge < -0.3 is 14.2 Å². The van der Waals surface area contributed by atoms with Crippen molar-refractivity contribution in [1.82, 2.24) is 4.90 Å². The lowest BCUT2D eigenvalue weighted by atomic mass is 9.89. The maximum atomic E-state index is 13.6. The van der Waals surface area contributed by atoms with Crippen LogP contribution in [0.15, 0.2) is 30.3 Å². The van der Waals surface area contributed by atoms with Crippen LogP contribution in [-0.2, 0) is 34.1 Å². The number of thioether (sulfide) groups is 1. The van der Waals surface area contributed by atoms with Crippen LogP contribution in [0.3, 0.4) is 0 Å². The number of fused-ring (bicyclic) bond motifs is 1. The number of hydrogen-bond donors (Lipinski definition) is 0. The highest BCUT2D eigenvalue weighted by Crippen LogP contribution is 2.45. The summed E-state index contributed by atoms with van der Waals surface area (Å²) in [6.07, 6.45) is -11.6. The number of ether oxygens (including phenoxy) is 3. The first-order valence-corrected chi connectivity index (χ1v) is 14.2. The van der Waals surface area contributed by atoms with E-state index in [1.54, 1.807) is 37.7 Å². The number of carbonyl (C=O) groups is 2. The predicted octanol–water partition coefficient (Wildman–Crippen LogP) is 8.05. The second-order valence-electron chi connectivity index (χ2n) is 9.54. The highest BCUT2D eigenvalue weighted by atomic mass is 32.2. The zero-order valence-corrected chi connectivity index (χ0v) is 24.5. The zero-order valence-electron chi connectivity index (χ0n) is 23.7. The second kappa shape index (κ2) is 13.3. The quantitative estimate of drug-likeness (QED) is 0.278. The first-order valence-electron chi connectivity index (χ1n) is 13.0. The Morgan fingerprint density at radius 2 is 1.62 bits per heavy atom. The van der Waals surface area contributed by atoms with E-state index in [1.807, 2.05) is 6.92 Å². The number of alkyl halides is 6. The van der Waals surface area contributed by atoms with Crippen LogP contribution in [0.4, 0.5) is 41.6 Å². The lowest BCUT2D eigenvalue weighted by molar-refractivity contribution is -0.143. The van der Waals surface area contributed by atoms with Gasteiger partial charge in [0.1, 0.15) is 5.75 Å². The maximum Gasteiger partial charge on any atom is 0.416 e. The van der Waals surface area contributed by atoms with Gasteiger partial charge in [-0.25, -0.2) is 9.59 Å². The van der Waals surface area contributed by atoms with Crippen molar-refractivity contribution in [3.05, 3.63) is 58.1 Å². The molecular weight excluding hydrogens is 590 g/mol. The summed E-state index contributed by atoms with van der Waals surface area (Å²) in [5, 5.41) is 0. The number of hydrogen-bond acceptors (Lipinski definition) is 6. The Morgan fingerprint density at radius 3 is 2.12 bits per heavy atom. The molecule has 0 fully saturated rings. The summed E-state index contributed by atoms with van der Waals surface area (Å²) in [5.74, 6) is 1.78. The highest BCUT2D eigenvalue weighted by molar-refractivity contribution is 7.98. The molecule has 0 spiro atoms. The summed E-state index contributed by atoms with van der Waals surface area (Å²) >= 11 is 1.60. The fourth-order valence-electron chi connectivity index (χ4n) is 4.90. The lowest BCUT2D eigenvalue weighted by Gasteiger charge is -2.43. The third-order valence-corrected chi connectivity index (χ3v) is 7.69. The summed E-state index contributed by atoms with van der Waals surface area (Å²) in [7, 11) is 2.51. The molecule has 0 N–H and O–H groups in total. The third-order valence-electron chi connectivity index (χ3n) is 6.77. The van der Waals surface area contributed by atoms with Crippen molar-refractivity contribution < 1.29 is 50.1 Å². The molecule has 7 nitrogen and oxygen atoms in total. The van der Waals surface area contributed by atoms with Crippen molar-refractivity contribution >= 4 is 29.6 Å².